The van der Waals surface area contributed by atoms with Crippen molar-refractivity contribution in [3.8, 4) is 6.07 Å². The van der Waals surface area contributed by atoms with Gasteiger partial charge < -0.3 is 4.74 Å². The van der Waals surface area contributed by atoms with Crippen LogP contribution in [0.4, 0.5) is 0 Å². The first-order chi connectivity index (χ1) is 6.27. The topological polar surface area (TPSA) is 33.0 Å². The Bertz CT molecular complexity index is 297. The molecular formula is C11H13NO. The average molecular weight is 175 g/mol. The molecule has 68 valence electrons. The van der Waals surface area contributed by atoms with Crippen molar-refractivity contribution in [1.82, 2.24) is 0 Å². The fourth-order valence-corrected chi connectivity index (χ4v) is 1.12. The molecule has 0 saturated heterocycles. The van der Waals surface area contributed by atoms with Gasteiger partial charge in [0, 0.05) is 6.61 Å². The summed E-state index contributed by atoms with van der Waals surface area (Å²) < 4.78 is 5.26. The molecule has 2 heteroatoms. The summed E-state index contributed by atoms with van der Waals surface area (Å²) in [6, 6.07) is 9.95. The number of benzene rings is 1. The van der Waals surface area contributed by atoms with E-state index in [4.69, 9.17) is 10.00 Å². The maximum atomic E-state index is 8.80. The number of ether oxygens (including phenoxy) is 1. The molecule has 0 fully saturated rings. The van der Waals surface area contributed by atoms with E-state index >= 15 is 0 Å². The Labute approximate surface area is 78.8 Å². The minimum absolute atomic E-state index is 0.425. The van der Waals surface area contributed by atoms with Crippen molar-refractivity contribution in [2.24, 2.45) is 0 Å². The van der Waals surface area contributed by atoms with Crippen molar-refractivity contribution in [1.29, 1.82) is 5.26 Å². The Balaban J connectivity index is 2.81. The molecule has 0 N–H and O–H groups in total. The van der Waals surface area contributed by atoms with Gasteiger partial charge >= 0.3 is 0 Å². The second-order valence-electron chi connectivity index (χ2n) is 2.88. The molecule has 0 radical (unpaired) electrons. The second kappa shape index (κ2) is 4.64. The van der Waals surface area contributed by atoms with Gasteiger partial charge in [0.15, 0.2) is 6.10 Å². The Kier molecular flexibility index (Phi) is 3.48. The van der Waals surface area contributed by atoms with Crippen molar-refractivity contribution >= 4 is 0 Å². The van der Waals surface area contributed by atoms with Crippen LogP contribution in [0.15, 0.2) is 24.3 Å². The minimum Gasteiger partial charge on any atom is -0.359 e. The molecule has 1 aromatic rings. The van der Waals surface area contributed by atoms with Gasteiger partial charge in [0.2, 0.25) is 0 Å². The lowest BCUT2D eigenvalue weighted by Crippen LogP contribution is -2.01. The molecule has 0 heterocycles. The van der Waals surface area contributed by atoms with Crippen molar-refractivity contribution in [2.75, 3.05) is 6.61 Å². The van der Waals surface area contributed by atoms with Gasteiger partial charge in [0.05, 0.1) is 6.07 Å². The van der Waals surface area contributed by atoms with E-state index in [0.717, 1.165) is 5.56 Å². The van der Waals surface area contributed by atoms with Gasteiger partial charge in [-0.3, -0.25) is 0 Å². The van der Waals surface area contributed by atoms with Gasteiger partial charge in [-0.2, -0.15) is 5.26 Å². The third-order valence-corrected chi connectivity index (χ3v) is 1.83. The van der Waals surface area contributed by atoms with Crippen LogP contribution in [0.1, 0.15) is 24.2 Å². The molecule has 0 unspecified atom stereocenters. The SMILES string of the molecule is CCO[C@@H](C#N)c1ccc(C)cc1. The lowest BCUT2D eigenvalue weighted by molar-refractivity contribution is 0.102. The number of nitrogens with zero attached hydrogens (tertiary/aromatic N) is 1. The normalized spacial score (nSPS) is 12.1. The largest absolute Gasteiger partial charge is 0.359 e. The molecule has 0 aliphatic heterocycles. The molecule has 0 saturated carbocycles. The van der Waals surface area contributed by atoms with Crippen LogP contribution in [-0.2, 0) is 4.74 Å². The molecule has 0 aromatic heterocycles. The zero-order valence-corrected chi connectivity index (χ0v) is 7.95. The van der Waals surface area contributed by atoms with Gasteiger partial charge in [-0.15, -0.1) is 0 Å². The van der Waals surface area contributed by atoms with Gasteiger partial charge in [-0.25, -0.2) is 0 Å². The molecular weight excluding hydrogens is 162 g/mol. The van der Waals surface area contributed by atoms with Crippen LogP contribution in [0.2, 0.25) is 0 Å². The highest BCUT2D eigenvalue weighted by molar-refractivity contribution is 5.26. The molecule has 1 atom stereocenters. The highest BCUT2D eigenvalue weighted by Crippen LogP contribution is 2.16. The third kappa shape index (κ3) is 2.57. The lowest BCUT2D eigenvalue weighted by atomic mass is 10.1. The van der Waals surface area contributed by atoms with Gasteiger partial charge in [0.25, 0.3) is 0 Å². The van der Waals surface area contributed by atoms with Crippen molar-refractivity contribution in [3.63, 3.8) is 0 Å². The van der Waals surface area contributed by atoms with E-state index in [1.54, 1.807) is 0 Å². The number of aryl methyl sites for hydroxylation is 1. The first-order valence-electron chi connectivity index (χ1n) is 4.35. The fraction of sp³-hybridized carbons (Fsp3) is 0.364. The Morgan fingerprint density at radius 3 is 2.46 bits per heavy atom. The number of rotatable bonds is 3. The van der Waals surface area contributed by atoms with E-state index in [1.807, 2.05) is 38.1 Å². The summed E-state index contributed by atoms with van der Waals surface area (Å²) in [6.07, 6.45) is -0.425. The maximum absolute atomic E-state index is 8.80. The van der Waals surface area contributed by atoms with Crippen LogP contribution in [0.5, 0.6) is 0 Å². The zero-order chi connectivity index (χ0) is 9.68. The summed E-state index contributed by atoms with van der Waals surface area (Å²) in [5.41, 5.74) is 2.12. The fourth-order valence-electron chi connectivity index (χ4n) is 1.12. The Morgan fingerprint density at radius 1 is 1.38 bits per heavy atom. The Morgan fingerprint density at radius 2 is 2.00 bits per heavy atom. The average Bonchev–Trinajstić information content (AvgIpc) is 2.16. The number of hydrogen-bond donors (Lipinski definition) is 0. The lowest BCUT2D eigenvalue weighted by Gasteiger charge is -2.08. The maximum Gasteiger partial charge on any atom is 0.169 e. The molecule has 0 spiro atoms. The van der Waals surface area contributed by atoms with Crippen LogP contribution >= 0.6 is 0 Å². The second-order valence-corrected chi connectivity index (χ2v) is 2.88. The summed E-state index contributed by atoms with van der Waals surface area (Å²) in [5, 5.41) is 8.80. The molecule has 1 aromatic carbocycles. The van der Waals surface area contributed by atoms with E-state index in [2.05, 4.69) is 6.07 Å². The third-order valence-electron chi connectivity index (χ3n) is 1.83. The molecule has 0 amide bonds. The summed E-state index contributed by atoms with van der Waals surface area (Å²) in [7, 11) is 0. The standard InChI is InChI=1S/C11H13NO/c1-3-13-11(8-12)10-6-4-9(2)5-7-10/h4-7,11H,3H2,1-2H3/t11-/m0/s1. The summed E-state index contributed by atoms with van der Waals surface area (Å²) >= 11 is 0. The zero-order valence-electron chi connectivity index (χ0n) is 7.95. The van der Waals surface area contributed by atoms with Crippen molar-refractivity contribution in [2.45, 2.75) is 20.0 Å². The van der Waals surface area contributed by atoms with E-state index in [0.29, 0.717) is 6.61 Å². The van der Waals surface area contributed by atoms with Crippen LogP contribution in [0, 0.1) is 18.3 Å². The van der Waals surface area contributed by atoms with E-state index < -0.39 is 6.10 Å². The predicted molar refractivity (Wildman–Crippen MR) is 51.2 cm³/mol. The highest BCUT2D eigenvalue weighted by atomic mass is 16.5. The predicted octanol–water partition coefficient (Wildman–Crippen LogP) is 2.60. The summed E-state index contributed by atoms with van der Waals surface area (Å²) in [5.74, 6) is 0. The van der Waals surface area contributed by atoms with Gasteiger partial charge in [-0.05, 0) is 19.4 Å². The van der Waals surface area contributed by atoms with Crippen molar-refractivity contribution in [3.05, 3.63) is 35.4 Å². The van der Waals surface area contributed by atoms with E-state index in [1.165, 1.54) is 5.56 Å². The minimum atomic E-state index is -0.425. The van der Waals surface area contributed by atoms with E-state index in [-0.39, 0.29) is 0 Å². The van der Waals surface area contributed by atoms with E-state index in [9.17, 15) is 0 Å². The molecule has 13 heavy (non-hydrogen) atoms. The van der Waals surface area contributed by atoms with Crippen LogP contribution < -0.4 is 0 Å². The smallest absolute Gasteiger partial charge is 0.169 e. The summed E-state index contributed by atoms with van der Waals surface area (Å²) in [6.45, 7) is 4.47. The van der Waals surface area contributed by atoms with Crippen LogP contribution in [0.25, 0.3) is 0 Å². The molecule has 0 aliphatic rings. The van der Waals surface area contributed by atoms with Gasteiger partial charge in [-0.1, -0.05) is 29.8 Å². The van der Waals surface area contributed by atoms with Crippen LogP contribution in [0.3, 0.4) is 0 Å². The van der Waals surface area contributed by atoms with Crippen LogP contribution in [-0.4, -0.2) is 6.61 Å². The number of nitriles is 1. The number of hydrogen-bond acceptors (Lipinski definition) is 2. The Hall–Kier alpha value is -1.33. The molecule has 0 aliphatic carbocycles. The monoisotopic (exact) mass is 175 g/mol. The summed E-state index contributed by atoms with van der Waals surface area (Å²) in [4.78, 5) is 0. The highest BCUT2D eigenvalue weighted by Gasteiger charge is 2.08. The first kappa shape index (κ1) is 9.76. The molecule has 1 rings (SSSR count). The first-order valence-corrected chi connectivity index (χ1v) is 4.35. The van der Waals surface area contributed by atoms with Gasteiger partial charge in [0.1, 0.15) is 0 Å². The van der Waals surface area contributed by atoms with Crippen molar-refractivity contribution < 1.29 is 4.74 Å². The molecule has 0 bridgehead atoms. The molecule has 2 nitrogen and oxygen atoms in total. The quantitative estimate of drug-likeness (QED) is 0.707.